The van der Waals surface area contributed by atoms with Gasteiger partial charge in [0.2, 0.25) is 0 Å². The highest BCUT2D eigenvalue weighted by Gasteiger charge is 2.27. The molecule has 1 aliphatic rings. The molecule has 84 valence electrons. The predicted octanol–water partition coefficient (Wildman–Crippen LogP) is 2.79. The van der Waals surface area contributed by atoms with Crippen molar-refractivity contribution in [1.29, 1.82) is 0 Å². The number of aliphatic hydroxyl groups is 1. The highest BCUT2D eigenvalue weighted by Crippen LogP contribution is 2.33. The highest BCUT2D eigenvalue weighted by molar-refractivity contribution is 7.09. The summed E-state index contributed by atoms with van der Waals surface area (Å²) in [7, 11) is 0. The number of aryl methyl sites for hydroxylation is 1. The van der Waals surface area contributed by atoms with Gasteiger partial charge >= 0.3 is 0 Å². The van der Waals surface area contributed by atoms with Crippen LogP contribution in [0, 0.1) is 18.8 Å². The van der Waals surface area contributed by atoms with Crippen molar-refractivity contribution < 1.29 is 5.11 Å². The molecule has 0 bridgehead atoms. The summed E-state index contributed by atoms with van der Waals surface area (Å²) < 4.78 is 0. The van der Waals surface area contributed by atoms with Crippen LogP contribution in [0.15, 0.2) is 5.38 Å². The standard InChI is InChI=1S/C12H19NOS/c1-8-3-4-10(5-8)12(14)6-11-7-15-9(2)13-11/h7-8,10,12,14H,3-6H2,1-2H3. The van der Waals surface area contributed by atoms with Crippen LogP contribution < -0.4 is 0 Å². The van der Waals surface area contributed by atoms with Gasteiger partial charge in [0.05, 0.1) is 16.8 Å². The summed E-state index contributed by atoms with van der Waals surface area (Å²) in [6, 6.07) is 0. The van der Waals surface area contributed by atoms with E-state index in [0.29, 0.717) is 5.92 Å². The molecular weight excluding hydrogens is 206 g/mol. The van der Waals surface area contributed by atoms with Crippen molar-refractivity contribution >= 4 is 11.3 Å². The van der Waals surface area contributed by atoms with Gasteiger partial charge < -0.3 is 5.11 Å². The summed E-state index contributed by atoms with van der Waals surface area (Å²) in [6.07, 6.45) is 4.20. The zero-order valence-corrected chi connectivity index (χ0v) is 10.3. The molecule has 1 heterocycles. The predicted molar refractivity (Wildman–Crippen MR) is 63.1 cm³/mol. The molecule has 1 N–H and O–H groups in total. The first-order valence-electron chi connectivity index (χ1n) is 5.74. The van der Waals surface area contributed by atoms with Gasteiger partial charge in [-0.25, -0.2) is 4.98 Å². The molecule has 3 atom stereocenters. The fraction of sp³-hybridized carbons (Fsp3) is 0.750. The molecule has 1 fully saturated rings. The summed E-state index contributed by atoms with van der Waals surface area (Å²) in [6.45, 7) is 4.29. The Labute approximate surface area is 95.4 Å². The molecule has 1 aromatic rings. The van der Waals surface area contributed by atoms with E-state index in [1.165, 1.54) is 19.3 Å². The lowest BCUT2D eigenvalue weighted by Crippen LogP contribution is -2.20. The SMILES string of the molecule is Cc1nc(CC(O)C2CCC(C)C2)cs1. The number of rotatable bonds is 3. The van der Waals surface area contributed by atoms with Gasteiger partial charge in [0.25, 0.3) is 0 Å². The Kier molecular flexibility index (Phi) is 3.42. The number of thiazole rings is 1. The van der Waals surface area contributed by atoms with E-state index in [1.54, 1.807) is 11.3 Å². The van der Waals surface area contributed by atoms with Crippen LogP contribution in [0.2, 0.25) is 0 Å². The minimum Gasteiger partial charge on any atom is -0.392 e. The van der Waals surface area contributed by atoms with E-state index in [4.69, 9.17) is 0 Å². The van der Waals surface area contributed by atoms with Gasteiger partial charge in [0, 0.05) is 11.8 Å². The third-order valence-corrected chi connectivity index (χ3v) is 4.19. The molecule has 0 radical (unpaired) electrons. The Hall–Kier alpha value is -0.410. The van der Waals surface area contributed by atoms with Gasteiger partial charge in [-0.15, -0.1) is 11.3 Å². The molecule has 3 heteroatoms. The monoisotopic (exact) mass is 225 g/mol. The third-order valence-electron chi connectivity index (χ3n) is 3.36. The second-order valence-electron chi connectivity index (χ2n) is 4.81. The van der Waals surface area contributed by atoms with Crippen molar-refractivity contribution in [2.24, 2.45) is 11.8 Å². The molecule has 3 unspecified atom stereocenters. The number of aromatic nitrogens is 1. The molecule has 0 spiro atoms. The lowest BCUT2D eigenvalue weighted by molar-refractivity contribution is 0.108. The molecule has 2 nitrogen and oxygen atoms in total. The van der Waals surface area contributed by atoms with Gasteiger partial charge in [-0.3, -0.25) is 0 Å². The lowest BCUT2D eigenvalue weighted by atomic mass is 9.96. The van der Waals surface area contributed by atoms with Gasteiger partial charge in [-0.2, -0.15) is 0 Å². The van der Waals surface area contributed by atoms with Gasteiger partial charge in [-0.1, -0.05) is 13.3 Å². The van der Waals surface area contributed by atoms with Crippen LogP contribution in [0.5, 0.6) is 0 Å². The van der Waals surface area contributed by atoms with Crippen molar-refractivity contribution in [2.45, 2.75) is 45.6 Å². The van der Waals surface area contributed by atoms with Crippen LogP contribution in [0.25, 0.3) is 0 Å². The van der Waals surface area contributed by atoms with Crippen LogP contribution in [-0.2, 0) is 6.42 Å². The molecule has 1 aliphatic carbocycles. The van der Waals surface area contributed by atoms with Crippen molar-refractivity contribution in [3.05, 3.63) is 16.1 Å². The average molecular weight is 225 g/mol. The Balaban J connectivity index is 1.89. The summed E-state index contributed by atoms with van der Waals surface area (Å²) in [4.78, 5) is 4.40. The van der Waals surface area contributed by atoms with Gasteiger partial charge in [-0.05, 0) is 31.6 Å². The van der Waals surface area contributed by atoms with E-state index < -0.39 is 0 Å². The Morgan fingerprint density at radius 2 is 2.40 bits per heavy atom. The first-order chi connectivity index (χ1) is 7.15. The highest BCUT2D eigenvalue weighted by atomic mass is 32.1. The van der Waals surface area contributed by atoms with E-state index in [0.717, 1.165) is 23.0 Å². The van der Waals surface area contributed by atoms with Crippen LogP contribution in [0.1, 0.15) is 36.9 Å². The number of hydrogen-bond acceptors (Lipinski definition) is 3. The summed E-state index contributed by atoms with van der Waals surface area (Å²) in [5.74, 6) is 1.30. The average Bonchev–Trinajstić information content (AvgIpc) is 2.75. The third kappa shape index (κ3) is 2.79. The minimum absolute atomic E-state index is 0.184. The second-order valence-corrected chi connectivity index (χ2v) is 5.87. The van der Waals surface area contributed by atoms with Crippen molar-refractivity contribution in [3.8, 4) is 0 Å². The van der Waals surface area contributed by atoms with Gasteiger partial charge in [0.1, 0.15) is 0 Å². The molecule has 2 rings (SSSR count). The summed E-state index contributed by atoms with van der Waals surface area (Å²) in [5, 5.41) is 13.3. The molecule has 0 aromatic carbocycles. The van der Waals surface area contributed by atoms with Crippen LogP contribution in [0.3, 0.4) is 0 Å². The Morgan fingerprint density at radius 3 is 2.93 bits per heavy atom. The Bertz CT molecular complexity index is 323. The zero-order chi connectivity index (χ0) is 10.8. The zero-order valence-electron chi connectivity index (χ0n) is 9.44. The fourth-order valence-corrected chi connectivity index (χ4v) is 3.11. The topological polar surface area (TPSA) is 33.1 Å². The molecule has 0 saturated heterocycles. The summed E-state index contributed by atoms with van der Waals surface area (Å²) in [5.41, 5.74) is 1.06. The van der Waals surface area contributed by atoms with Crippen LogP contribution in [0.4, 0.5) is 0 Å². The molecule has 1 saturated carbocycles. The van der Waals surface area contributed by atoms with Crippen molar-refractivity contribution in [1.82, 2.24) is 4.98 Å². The molecular formula is C12H19NOS. The molecule has 0 aliphatic heterocycles. The van der Waals surface area contributed by atoms with Gasteiger partial charge in [0.15, 0.2) is 0 Å². The maximum atomic E-state index is 10.1. The molecule has 1 aromatic heterocycles. The number of aliphatic hydroxyl groups excluding tert-OH is 1. The normalized spacial score (nSPS) is 28.2. The van der Waals surface area contributed by atoms with E-state index in [1.807, 2.05) is 6.92 Å². The first kappa shape index (κ1) is 11.1. The number of nitrogens with zero attached hydrogens (tertiary/aromatic N) is 1. The second kappa shape index (κ2) is 4.62. The quantitative estimate of drug-likeness (QED) is 0.858. The number of hydrogen-bond donors (Lipinski definition) is 1. The largest absolute Gasteiger partial charge is 0.392 e. The maximum Gasteiger partial charge on any atom is 0.0897 e. The van der Waals surface area contributed by atoms with E-state index in [-0.39, 0.29) is 6.10 Å². The van der Waals surface area contributed by atoms with Crippen molar-refractivity contribution in [2.75, 3.05) is 0 Å². The minimum atomic E-state index is -0.184. The van der Waals surface area contributed by atoms with E-state index in [9.17, 15) is 5.11 Å². The maximum absolute atomic E-state index is 10.1. The fourth-order valence-electron chi connectivity index (χ4n) is 2.48. The Morgan fingerprint density at radius 1 is 1.60 bits per heavy atom. The molecule has 0 amide bonds. The molecule has 15 heavy (non-hydrogen) atoms. The van der Waals surface area contributed by atoms with Crippen LogP contribution in [-0.4, -0.2) is 16.2 Å². The van der Waals surface area contributed by atoms with E-state index in [2.05, 4.69) is 17.3 Å². The smallest absolute Gasteiger partial charge is 0.0897 e. The first-order valence-corrected chi connectivity index (χ1v) is 6.62. The van der Waals surface area contributed by atoms with E-state index >= 15 is 0 Å². The summed E-state index contributed by atoms with van der Waals surface area (Å²) >= 11 is 1.67. The van der Waals surface area contributed by atoms with Crippen LogP contribution >= 0.6 is 11.3 Å². The van der Waals surface area contributed by atoms with Crippen molar-refractivity contribution in [3.63, 3.8) is 0 Å². The lowest BCUT2D eigenvalue weighted by Gasteiger charge is -2.16.